The molecule has 0 spiro atoms. The molecule has 0 radical (unpaired) electrons. The fourth-order valence-corrected chi connectivity index (χ4v) is 2.02. The molecule has 3 heteroatoms. The number of hydrogen-bond donors (Lipinski definition) is 2. The molecule has 0 aliphatic heterocycles. The number of nitrogens with two attached hydrogens (primary N) is 1. The fourth-order valence-electron chi connectivity index (χ4n) is 2.02. The third-order valence-electron chi connectivity index (χ3n) is 3.25. The van der Waals surface area contributed by atoms with Crippen LogP contribution in [-0.4, -0.2) is 12.5 Å². The molecule has 1 aromatic carbocycles. The Balaban J connectivity index is 2.13. The van der Waals surface area contributed by atoms with Gasteiger partial charge < -0.3 is 11.1 Å². The first-order chi connectivity index (χ1) is 9.24. The first-order valence-corrected chi connectivity index (χ1v) is 7.31. The lowest BCUT2D eigenvalue weighted by Gasteiger charge is -2.13. The number of unbranched alkanes of at least 4 members (excludes halogenated alkanes) is 4. The van der Waals surface area contributed by atoms with Crippen molar-refractivity contribution in [1.29, 1.82) is 0 Å². The molecule has 0 aliphatic rings. The van der Waals surface area contributed by atoms with Crippen LogP contribution in [0.2, 0.25) is 0 Å². The van der Waals surface area contributed by atoms with E-state index < -0.39 is 0 Å². The zero-order valence-electron chi connectivity index (χ0n) is 11.9. The first-order valence-electron chi connectivity index (χ1n) is 7.31. The third-order valence-corrected chi connectivity index (χ3v) is 3.25. The van der Waals surface area contributed by atoms with Crippen LogP contribution in [0.4, 0.5) is 0 Å². The molecule has 106 valence electrons. The second-order valence-corrected chi connectivity index (χ2v) is 4.99. The SMILES string of the molecule is CCCCCCCC(=O)NCC(N)c1ccccc1. The Morgan fingerprint density at radius 2 is 1.84 bits per heavy atom. The van der Waals surface area contributed by atoms with Gasteiger partial charge in [-0.15, -0.1) is 0 Å². The van der Waals surface area contributed by atoms with E-state index in [-0.39, 0.29) is 11.9 Å². The lowest BCUT2D eigenvalue weighted by Crippen LogP contribution is -2.31. The summed E-state index contributed by atoms with van der Waals surface area (Å²) in [7, 11) is 0. The smallest absolute Gasteiger partial charge is 0.220 e. The lowest BCUT2D eigenvalue weighted by atomic mass is 10.1. The average molecular weight is 262 g/mol. The normalized spacial score (nSPS) is 12.1. The minimum absolute atomic E-state index is 0.114. The highest BCUT2D eigenvalue weighted by molar-refractivity contribution is 5.75. The molecule has 1 atom stereocenters. The van der Waals surface area contributed by atoms with Crippen LogP contribution in [0.1, 0.15) is 57.1 Å². The summed E-state index contributed by atoms with van der Waals surface area (Å²) in [5.74, 6) is 0.114. The van der Waals surface area contributed by atoms with E-state index in [9.17, 15) is 4.79 Å². The molecule has 0 bridgehead atoms. The number of nitrogens with one attached hydrogen (secondary N) is 1. The second kappa shape index (κ2) is 9.56. The van der Waals surface area contributed by atoms with E-state index in [2.05, 4.69) is 12.2 Å². The summed E-state index contributed by atoms with van der Waals surface area (Å²) in [5, 5.41) is 2.91. The molecule has 3 nitrogen and oxygen atoms in total. The van der Waals surface area contributed by atoms with E-state index in [4.69, 9.17) is 5.73 Å². The van der Waals surface area contributed by atoms with Gasteiger partial charge in [-0.3, -0.25) is 4.79 Å². The van der Waals surface area contributed by atoms with Gasteiger partial charge >= 0.3 is 0 Å². The van der Waals surface area contributed by atoms with Crippen LogP contribution in [0.3, 0.4) is 0 Å². The Bertz CT molecular complexity index is 351. The highest BCUT2D eigenvalue weighted by atomic mass is 16.1. The van der Waals surface area contributed by atoms with E-state index in [1.807, 2.05) is 30.3 Å². The number of amides is 1. The third kappa shape index (κ3) is 6.97. The predicted molar refractivity (Wildman–Crippen MR) is 79.8 cm³/mol. The van der Waals surface area contributed by atoms with E-state index in [1.165, 1.54) is 19.3 Å². The standard InChI is InChI=1S/C16H26N2O/c1-2-3-4-5-9-12-16(19)18-13-15(17)14-10-7-6-8-11-14/h6-8,10-11,15H,2-5,9,12-13,17H2,1H3,(H,18,19). The summed E-state index contributed by atoms with van der Waals surface area (Å²) >= 11 is 0. The Hall–Kier alpha value is -1.35. The molecule has 0 aliphatic carbocycles. The van der Waals surface area contributed by atoms with E-state index >= 15 is 0 Å². The molecule has 1 aromatic rings. The molecule has 0 saturated carbocycles. The van der Waals surface area contributed by atoms with Gasteiger partial charge in [-0.05, 0) is 12.0 Å². The van der Waals surface area contributed by atoms with Gasteiger partial charge in [-0.1, -0.05) is 62.9 Å². The Morgan fingerprint density at radius 1 is 1.16 bits per heavy atom. The van der Waals surface area contributed by atoms with Gasteiger partial charge in [0.1, 0.15) is 0 Å². The van der Waals surface area contributed by atoms with Crippen molar-refractivity contribution in [2.75, 3.05) is 6.54 Å². The molecule has 0 aromatic heterocycles. The molecule has 0 saturated heterocycles. The van der Waals surface area contributed by atoms with Crippen LogP contribution in [-0.2, 0) is 4.79 Å². The first kappa shape index (κ1) is 15.7. The van der Waals surface area contributed by atoms with Crippen molar-refractivity contribution in [3.8, 4) is 0 Å². The summed E-state index contributed by atoms with van der Waals surface area (Å²) in [4.78, 5) is 11.6. The van der Waals surface area contributed by atoms with Gasteiger partial charge in [0.2, 0.25) is 5.91 Å². The van der Waals surface area contributed by atoms with Crippen LogP contribution in [0.25, 0.3) is 0 Å². The monoisotopic (exact) mass is 262 g/mol. The summed E-state index contributed by atoms with van der Waals surface area (Å²) in [6, 6.07) is 9.74. The molecule has 3 N–H and O–H groups in total. The van der Waals surface area contributed by atoms with Crippen LogP contribution in [0.15, 0.2) is 30.3 Å². The largest absolute Gasteiger partial charge is 0.354 e. The number of carbonyl (C=O) groups is 1. The maximum absolute atomic E-state index is 11.6. The van der Waals surface area contributed by atoms with Crippen LogP contribution >= 0.6 is 0 Å². The molecule has 1 rings (SSSR count). The van der Waals surface area contributed by atoms with Gasteiger partial charge in [0.05, 0.1) is 0 Å². The molecular formula is C16H26N2O. The summed E-state index contributed by atoms with van der Waals surface area (Å²) in [6.07, 6.45) is 6.47. The Labute approximate surface area is 116 Å². The fraction of sp³-hybridized carbons (Fsp3) is 0.562. The molecular weight excluding hydrogens is 236 g/mol. The van der Waals surface area contributed by atoms with Crippen LogP contribution < -0.4 is 11.1 Å². The predicted octanol–water partition coefficient (Wildman–Crippen LogP) is 3.16. The maximum Gasteiger partial charge on any atom is 0.220 e. The van der Waals surface area contributed by atoms with E-state index in [1.54, 1.807) is 0 Å². The molecule has 1 unspecified atom stereocenters. The number of rotatable bonds is 9. The second-order valence-electron chi connectivity index (χ2n) is 4.99. The summed E-state index contributed by atoms with van der Waals surface area (Å²) in [6.45, 7) is 2.70. The van der Waals surface area contributed by atoms with Crippen molar-refractivity contribution < 1.29 is 4.79 Å². The van der Waals surface area contributed by atoms with Crippen molar-refractivity contribution in [3.05, 3.63) is 35.9 Å². The van der Waals surface area contributed by atoms with Crippen molar-refractivity contribution in [2.45, 2.75) is 51.5 Å². The van der Waals surface area contributed by atoms with Crippen LogP contribution in [0, 0.1) is 0 Å². The van der Waals surface area contributed by atoms with Crippen LogP contribution in [0.5, 0.6) is 0 Å². The number of hydrogen-bond acceptors (Lipinski definition) is 2. The highest BCUT2D eigenvalue weighted by Crippen LogP contribution is 2.08. The van der Waals surface area contributed by atoms with Gasteiger partial charge in [0.15, 0.2) is 0 Å². The van der Waals surface area contributed by atoms with E-state index in [0.29, 0.717) is 13.0 Å². The zero-order valence-corrected chi connectivity index (χ0v) is 11.9. The number of carbonyl (C=O) groups excluding carboxylic acids is 1. The Kier molecular flexibility index (Phi) is 7.91. The van der Waals surface area contributed by atoms with E-state index in [0.717, 1.165) is 18.4 Å². The number of benzene rings is 1. The van der Waals surface area contributed by atoms with Crippen molar-refractivity contribution in [2.24, 2.45) is 5.73 Å². The topological polar surface area (TPSA) is 55.1 Å². The highest BCUT2D eigenvalue weighted by Gasteiger charge is 2.07. The van der Waals surface area contributed by atoms with Gasteiger partial charge in [0, 0.05) is 19.0 Å². The quantitative estimate of drug-likeness (QED) is 0.672. The molecule has 19 heavy (non-hydrogen) atoms. The summed E-state index contributed by atoms with van der Waals surface area (Å²) in [5.41, 5.74) is 7.08. The van der Waals surface area contributed by atoms with Crippen molar-refractivity contribution in [1.82, 2.24) is 5.32 Å². The van der Waals surface area contributed by atoms with Crippen molar-refractivity contribution in [3.63, 3.8) is 0 Å². The van der Waals surface area contributed by atoms with Gasteiger partial charge in [-0.25, -0.2) is 0 Å². The average Bonchev–Trinajstić information content (AvgIpc) is 2.45. The lowest BCUT2D eigenvalue weighted by molar-refractivity contribution is -0.121. The maximum atomic E-state index is 11.6. The Morgan fingerprint density at radius 3 is 2.53 bits per heavy atom. The molecule has 0 fully saturated rings. The van der Waals surface area contributed by atoms with Crippen molar-refractivity contribution >= 4 is 5.91 Å². The zero-order chi connectivity index (χ0) is 13.9. The summed E-state index contributed by atoms with van der Waals surface area (Å²) < 4.78 is 0. The molecule has 0 heterocycles. The molecule has 1 amide bonds. The van der Waals surface area contributed by atoms with Gasteiger partial charge in [-0.2, -0.15) is 0 Å². The minimum atomic E-state index is -0.120. The van der Waals surface area contributed by atoms with Gasteiger partial charge in [0.25, 0.3) is 0 Å². The minimum Gasteiger partial charge on any atom is -0.354 e.